The van der Waals surface area contributed by atoms with E-state index < -0.39 is 0 Å². The van der Waals surface area contributed by atoms with Gasteiger partial charge in [0, 0.05) is 13.1 Å². The van der Waals surface area contributed by atoms with Crippen LogP contribution >= 0.6 is 0 Å². The fourth-order valence-electron chi connectivity index (χ4n) is 1.63. The van der Waals surface area contributed by atoms with Gasteiger partial charge in [-0.15, -0.1) is 0 Å². The van der Waals surface area contributed by atoms with Crippen LogP contribution in [-0.4, -0.2) is 41.8 Å². The van der Waals surface area contributed by atoms with Gasteiger partial charge < -0.3 is 15.3 Å². The third-order valence-electron chi connectivity index (χ3n) is 2.47. The number of nitrogens with zero attached hydrogens (tertiary/aromatic N) is 1. The third kappa shape index (κ3) is 2.34. The molecule has 1 rings (SSSR count). The quantitative estimate of drug-likeness (QED) is 0.671. The number of aliphatic hydroxyl groups is 1. The molecule has 13 heavy (non-hydrogen) atoms. The number of amides is 2. The summed E-state index contributed by atoms with van der Waals surface area (Å²) in [6.07, 6.45) is 0.967. The molecule has 0 radical (unpaired) electrons. The smallest absolute Gasteiger partial charge is 0.317 e. The Morgan fingerprint density at radius 1 is 1.62 bits per heavy atom. The van der Waals surface area contributed by atoms with Crippen LogP contribution in [0.15, 0.2) is 0 Å². The van der Waals surface area contributed by atoms with Crippen molar-refractivity contribution in [3.63, 3.8) is 0 Å². The Balaban J connectivity index is 2.60. The highest BCUT2D eigenvalue weighted by Gasteiger charge is 2.27. The first kappa shape index (κ1) is 10.3. The van der Waals surface area contributed by atoms with Crippen molar-refractivity contribution in [2.24, 2.45) is 5.92 Å². The second-order valence-electron chi connectivity index (χ2n) is 3.77. The minimum Gasteiger partial charge on any atom is -0.394 e. The highest BCUT2D eigenvalue weighted by Crippen LogP contribution is 2.12. The van der Waals surface area contributed by atoms with Gasteiger partial charge in [-0.1, -0.05) is 13.8 Å². The van der Waals surface area contributed by atoms with E-state index in [1.807, 2.05) is 13.8 Å². The van der Waals surface area contributed by atoms with Crippen LogP contribution in [0.4, 0.5) is 4.79 Å². The van der Waals surface area contributed by atoms with E-state index in [9.17, 15) is 4.79 Å². The molecule has 1 atom stereocenters. The van der Waals surface area contributed by atoms with Gasteiger partial charge in [0.25, 0.3) is 0 Å². The van der Waals surface area contributed by atoms with Gasteiger partial charge >= 0.3 is 6.03 Å². The van der Waals surface area contributed by atoms with Crippen molar-refractivity contribution >= 4 is 6.03 Å². The van der Waals surface area contributed by atoms with E-state index in [1.54, 1.807) is 4.90 Å². The largest absolute Gasteiger partial charge is 0.394 e. The topological polar surface area (TPSA) is 52.6 Å². The predicted molar refractivity (Wildman–Crippen MR) is 50.4 cm³/mol. The molecule has 4 heteroatoms. The molecule has 1 heterocycles. The molecule has 0 unspecified atom stereocenters. The second-order valence-corrected chi connectivity index (χ2v) is 3.77. The fraction of sp³-hybridized carbons (Fsp3) is 0.889. The van der Waals surface area contributed by atoms with E-state index in [2.05, 4.69) is 5.32 Å². The predicted octanol–water partition coefficient (Wildman–Crippen LogP) is 0.419. The first-order valence-corrected chi connectivity index (χ1v) is 4.82. The van der Waals surface area contributed by atoms with E-state index in [4.69, 9.17) is 5.11 Å². The standard InChI is InChI=1S/C9H18N2O2/c1-7(2)8(6-12)11-5-3-4-10-9(11)13/h7-8,12H,3-6H2,1-2H3,(H,10,13)/t8-/m0/s1. The number of hydrogen-bond acceptors (Lipinski definition) is 2. The van der Waals surface area contributed by atoms with Crippen molar-refractivity contribution in [1.29, 1.82) is 0 Å². The Bertz CT molecular complexity index is 182. The zero-order valence-electron chi connectivity index (χ0n) is 8.29. The fourth-order valence-corrected chi connectivity index (χ4v) is 1.63. The summed E-state index contributed by atoms with van der Waals surface area (Å²) in [5, 5.41) is 11.9. The molecule has 76 valence electrons. The number of nitrogens with one attached hydrogen (secondary N) is 1. The van der Waals surface area contributed by atoms with E-state index in [0.717, 1.165) is 19.5 Å². The van der Waals surface area contributed by atoms with Gasteiger partial charge in [-0.05, 0) is 12.3 Å². The van der Waals surface area contributed by atoms with Crippen LogP contribution in [0.2, 0.25) is 0 Å². The molecule has 0 aromatic rings. The lowest BCUT2D eigenvalue weighted by Gasteiger charge is -2.36. The first-order chi connectivity index (χ1) is 6.16. The average molecular weight is 186 g/mol. The lowest BCUT2D eigenvalue weighted by molar-refractivity contribution is 0.0985. The number of carbonyl (C=O) groups excluding carboxylic acids is 1. The summed E-state index contributed by atoms with van der Waals surface area (Å²) in [5.74, 6) is 0.300. The number of hydrogen-bond donors (Lipinski definition) is 2. The lowest BCUT2D eigenvalue weighted by Crippen LogP contribution is -2.54. The SMILES string of the molecule is CC(C)[C@H](CO)N1CCCNC1=O. The molecule has 2 amide bonds. The summed E-state index contributed by atoms with van der Waals surface area (Å²) >= 11 is 0. The molecular formula is C9H18N2O2. The van der Waals surface area contributed by atoms with Gasteiger partial charge in [-0.2, -0.15) is 0 Å². The molecule has 1 fully saturated rings. The normalized spacial score (nSPS) is 20.3. The summed E-state index contributed by atoms with van der Waals surface area (Å²) in [6.45, 7) is 5.59. The summed E-state index contributed by atoms with van der Waals surface area (Å²) in [4.78, 5) is 13.1. The van der Waals surface area contributed by atoms with Gasteiger partial charge in [0.15, 0.2) is 0 Å². The van der Waals surface area contributed by atoms with Crippen molar-refractivity contribution in [2.45, 2.75) is 26.3 Å². The highest BCUT2D eigenvalue weighted by molar-refractivity contribution is 5.75. The summed E-state index contributed by atoms with van der Waals surface area (Å²) in [5.41, 5.74) is 0. The van der Waals surface area contributed by atoms with Crippen LogP contribution < -0.4 is 5.32 Å². The summed E-state index contributed by atoms with van der Waals surface area (Å²) in [7, 11) is 0. The molecule has 0 saturated carbocycles. The van der Waals surface area contributed by atoms with Crippen molar-refractivity contribution in [3.05, 3.63) is 0 Å². The van der Waals surface area contributed by atoms with Crippen LogP contribution in [0, 0.1) is 5.92 Å². The maximum atomic E-state index is 11.4. The molecule has 0 aliphatic carbocycles. The average Bonchev–Trinajstić information content (AvgIpc) is 2.09. The van der Waals surface area contributed by atoms with E-state index in [-0.39, 0.29) is 18.7 Å². The van der Waals surface area contributed by atoms with Gasteiger partial charge in [0.2, 0.25) is 0 Å². The number of rotatable bonds is 3. The lowest BCUT2D eigenvalue weighted by atomic mass is 10.0. The molecule has 0 bridgehead atoms. The van der Waals surface area contributed by atoms with Gasteiger partial charge in [-0.3, -0.25) is 0 Å². The zero-order chi connectivity index (χ0) is 9.84. The van der Waals surface area contributed by atoms with Gasteiger partial charge in [-0.25, -0.2) is 4.79 Å². The molecule has 1 aliphatic rings. The minimum atomic E-state index is -0.0426. The second kappa shape index (κ2) is 4.46. The van der Waals surface area contributed by atoms with E-state index in [1.165, 1.54) is 0 Å². The maximum Gasteiger partial charge on any atom is 0.317 e. The van der Waals surface area contributed by atoms with Crippen LogP contribution in [0.3, 0.4) is 0 Å². The molecule has 0 aromatic carbocycles. The molecule has 2 N–H and O–H groups in total. The number of aliphatic hydroxyl groups excluding tert-OH is 1. The minimum absolute atomic E-state index is 0.0414. The van der Waals surface area contributed by atoms with Crippen molar-refractivity contribution in [2.75, 3.05) is 19.7 Å². The third-order valence-corrected chi connectivity index (χ3v) is 2.47. The summed E-state index contributed by atoms with van der Waals surface area (Å²) < 4.78 is 0. The van der Waals surface area contributed by atoms with E-state index in [0.29, 0.717) is 5.92 Å². The van der Waals surface area contributed by atoms with Gasteiger partial charge in [0.05, 0.1) is 12.6 Å². The van der Waals surface area contributed by atoms with Crippen LogP contribution in [0.25, 0.3) is 0 Å². The molecule has 1 saturated heterocycles. The first-order valence-electron chi connectivity index (χ1n) is 4.82. The van der Waals surface area contributed by atoms with Crippen LogP contribution in [0.5, 0.6) is 0 Å². The summed E-state index contributed by atoms with van der Waals surface area (Å²) in [6, 6.07) is -0.0840. The molecule has 0 aromatic heterocycles. The zero-order valence-corrected chi connectivity index (χ0v) is 8.29. The Kier molecular flexibility index (Phi) is 3.54. The Morgan fingerprint density at radius 2 is 2.31 bits per heavy atom. The maximum absolute atomic E-state index is 11.4. The monoisotopic (exact) mass is 186 g/mol. The van der Waals surface area contributed by atoms with Gasteiger partial charge in [0.1, 0.15) is 0 Å². The molecule has 1 aliphatic heterocycles. The highest BCUT2D eigenvalue weighted by atomic mass is 16.3. The number of carbonyl (C=O) groups is 1. The van der Waals surface area contributed by atoms with Crippen molar-refractivity contribution in [1.82, 2.24) is 10.2 Å². The molecule has 4 nitrogen and oxygen atoms in total. The van der Waals surface area contributed by atoms with E-state index >= 15 is 0 Å². The Labute approximate surface area is 78.9 Å². The van der Waals surface area contributed by atoms with Crippen LogP contribution in [0.1, 0.15) is 20.3 Å². The molecular weight excluding hydrogens is 168 g/mol. The van der Waals surface area contributed by atoms with Crippen LogP contribution in [-0.2, 0) is 0 Å². The molecule has 0 spiro atoms. The Hall–Kier alpha value is -0.770. The number of urea groups is 1. The van der Waals surface area contributed by atoms with Crippen molar-refractivity contribution < 1.29 is 9.90 Å². The van der Waals surface area contributed by atoms with Crippen molar-refractivity contribution in [3.8, 4) is 0 Å². The Morgan fingerprint density at radius 3 is 2.77 bits per heavy atom.